The van der Waals surface area contributed by atoms with E-state index in [0.29, 0.717) is 0 Å². The first-order valence-electron chi connectivity index (χ1n) is 2.64. The van der Waals surface area contributed by atoms with Gasteiger partial charge >= 0.3 is 0 Å². The lowest BCUT2D eigenvalue weighted by molar-refractivity contribution is -0.123. The van der Waals surface area contributed by atoms with E-state index < -0.39 is 29.9 Å². The van der Waals surface area contributed by atoms with Crippen LogP contribution in [0.25, 0.3) is 0 Å². The zero-order chi connectivity index (χ0) is 8.85. The van der Waals surface area contributed by atoms with Gasteiger partial charge in [0.05, 0.1) is 18.0 Å². The Labute approximate surface area is 66.2 Å². The molecule has 0 saturated heterocycles. The number of ketones is 1. The predicted octanol–water partition coefficient (Wildman–Crippen LogP) is -1.09. The molecule has 0 aromatic rings. The molecule has 6 heteroatoms. The molecule has 0 amide bonds. The van der Waals surface area contributed by atoms with Gasteiger partial charge in [-0.15, -0.1) is 0 Å². The number of carbonyl (C=O) groups excluding carboxylic acids is 1. The maximum atomic E-state index is 10.5. The van der Waals surface area contributed by atoms with E-state index in [2.05, 4.69) is 10.8 Å². The third kappa shape index (κ3) is 4.79. The quantitative estimate of drug-likeness (QED) is 0.428. The molecule has 0 spiro atoms. The van der Waals surface area contributed by atoms with Crippen molar-refractivity contribution in [1.29, 1.82) is 0 Å². The van der Waals surface area contributed by atoms with Gasteiger partial charge < -0.3 is 9.66 Å². The molecule has 2 atom stereocenters. The van der Waals surface area contributed by atoms with Gasteiger partial charge in [0.25, 0.3) is 0 Å². The second-order valence-corrected chi connectivity index (χ2v) is 2.25. The molecular formula is C5H7O5S-. The van der Waals surface area contributed by atoms with Crippen LogP contribution in [0.15, 0.2) is 12.7 Å². The minimum absolute atomic E-state index is 0.568. The lowest BCUT2D eigenvalue weighted by atomic mass is 10.2. The van der Waals surface area contributed by atoms with Crippen LogP contribution in [0.2, 0.25) is 0 Å². The standard InChI is InChI=1S/C5H8O5S/c1-2-4(6)5(7)3-10-11(8)9/h2,5,7H,1,3H2,(H,8,9)/p-1. The van der Waals surface area contributed by atoms with E-state index in [1.165, 1.54) is 0 Å². The molecule has 0 aliphatic rings. The number of carbonyl (C=O) groups is 1. The second-order valence-electron chi connectivity index (χ2n) is 1.61. The normalized spacial score (nSPS) is 15.5. The number of hydrogen-bond acceptors (Lipinski definition) is 5. The summed E-state index contributed by atoms with van der Waals surface area (Å²) in [6.07, 6.45) is -0.563. The van der Waals surface area contributed by atoms with Crippen LogP contribution < -0.4 is 0 Å². The van der Waals surface area contributed by atoms with Crippen LogP contribution in [0.3, 0.4) is 0 Å². The lowest BCUT2D eigenvalue weighted by Crippen LogP contribution is -2.24. The van der Waals surface area contributed by atoms with Crippen LogP contribution in [0.5, 0.6) is 0 Å². The molecule has 0 fully saturated rings. The van der Waals surface area contributed by atoms with Gasteiger partial charge in [-0.25, -0.2) is 4.21 Å². The first kappa shape index (κ1) is 10.4. The SMILES string of the molecule is C=CC(=O)C(O)COS(=O)[O-]. The smallest absolute Gasteiger partial charge is 0.185 e. The molecule has 64 valence electrons. The zero-order valence-corrected chi connectivity index (χ0v) is 6.37. The van der Waals surface area contributed by atoms with Crippen molar-refractivity contribution in [2.45, 2.75) is 6.10 Å². The van der Waals surface area contributed by atoms with Gasteiger partial charge in [-0.1, -0.05) is 6.58 Å². The van der Waals surface area contributed by atoms with E-state index in [0.717, 1.165) is 6.08 Å². The van der Waals surface area contributed by atoms with Crippen LogP contribution in [0, 0.1) is 0 Å². The molecule has 11 heavy (non-hydrogen) atoms. The highest BCUT2D eigenvalue weighted by molar-refractivity contribution is 7.74. The number of aliphatic hydroxyl groups excluding tert-OH is 1. The first-order valence-corrected chi connectivity index (χ1v) is 3.64. The van der Waals surface area contributed by atoms with Crippen LogP contribution >= 0.6 is 0 Å². The van der Waals surface area contributed by atoms with E-state index in [9.17, 15) is 13.6 Å². The Kier molecular flexibility index (Phi) is 4.88. The summed E-state index contributed by atoms with van der Waals surface area (Å²) in [5.74, 6) is -0.671. The van der Waals surface area contributed by atoms with Crippen LogP contribution in [-0.4, -0.2) is 32.4 Å². The van der Waals surface area contributed by atoms with E-state index in [1.54, 1.807) is 0 Å². The first-order chi connectivity index (χ1) is 5.07. The Morgan fingerprint density at radius 3 is 2.82 bits per heavy atom. The van der Waals surface area contributed by atoms with Crippen molar-refractivity contribution in [1.82, 2.24) is 0 Å². The van der Waals surface area contributed by atoms with Crippen molar-refractivity contribution >= 4 is 17.1 Å². The second kappa shape index (κ2) is 5.14. The van der Waals surface area contributed by atoms with Gasteiger partial charge in [-0.05, 0) is 6.08 Å². The Morgan fingerprint density at radius 2 is 2.45 bits per heavy atom. The summed E-state index contributed by atoms with van der Waals surface area (Å²) in [7, 11) is 0. The fraction of sp³-hybridized carbons (Fsp3) is 0.400. The summed E-state index contributed by atoms with van der Waals surface area (Å²) in [4.78, 5) is 10.5. The van der Waals surface area contributed by atoms with E-state index in [-0.39, 0.29) is 0 Å². The van der Waals surface area contributed by atoms with Crippen LogP contribution in [0.1, 0.15) is 0 Å². The monoisotopic (exact) mass is 179 g/mol. The molecule has 0 radical (unpaired) electrons. The molecular weight excluding hydrogens is 172 g/mol. The molecule has 0 aliphatic carbocycles. The summed E-state index contributed by atoms with van der Waals surface area (Å²) in [6.45, 7) is 2.52. The van der Waals surface area contributed by atoms with Crippen LogP contribution in [0.4, 0.5) is 0 Å². The molecule has 0 rings (SSSR count). The maximum Gasteiger partial charge on any atom is 0.185 e. The molecule has 1 N–H and O–H groups in total. The van der Waals surface area contributed by atoms with Gasteiger partial charge in [0.1, 0.15) is 6.10 Å². The summed E-state index contributed by atoms with van der Waals surface area (Å²) in [5, 5.41) is 8.75. The lowest BCUT2D eigenvalue weighted by Gasteiger charge is -2.08. The summed E-state index contributed by atoms with van der Waals surface area (Å²) >= 11 is -2.70. The highest BCUT2D eigenvalue weighted by Gasteiger charge is 2.10. The number of aliphatic hydroxyl groups is 1. The van der Waals surface area contributed by atoms with Gasteiger partial charge in [0.2, 0.25) is 0 Å². The minimum atomic E-state index is -2.70. The fourth-order valence-electron chi connectivity index (χ4n) is 0.338. The highest BCUT2D eigenvalue weighted by Crippen LogP contribution is 1.90. The molecule has 0 aliphatic heterocycles. The predicted molar refractivity (Wildman–Crippen MR) is 36.1 cm³/mol. The molecule has 0 bridgehead atoms. The molecule has 5 nitrogen and oxygen atoms in total. The number of rotatable bonds is 5. The summed E-state index contributed by atoms with van der Waals surface area (Å²) < 4.78 is 23.4. The Balaban J connectivity index is 3.68. The van der Waals surface area contributed by atoms with Gasteiger partial charge in [0, 0.05) is 0 Å². The minimum Gasteiger partial charge on any atom is -0.750 e. The van der Waals surface area contributed by atoms with E-state index >= 15 is 0 Å². The summed E-state index contributed by atoms with van der Waals surface area (Å²) in [6, 6.07) is 0. The Hall–Kier alpha value is -0.560. The van der Waals surface area contributed by atoms with Crippen molar-refractivity contribution < 1.29 is 22.8 Å². The fourth-order valence-corrected chi connectivity index (χ4v) is 0.578. The van der Waals surface area contributed by atoms with Crippen molar-refractivity contribution in [3.63, 3.8) is 0 Å². The largest absolute Gasteiger partial charge is 0.750 e. The molecule has 0 aromatic heterocycles. The maximum absolute atomic E-state index is 10.5. The molecule has 0 saturated carbocycles. The number of hydrogen-bond donors (Lipinski definition) is 1. The van der Waals surface area contributed by atoms with Gasteiger partial charge in [-0.3, -0.25) is 8.98 Å². The topological polar surface area (TPSA) is 86.7 Å². The Morgan fingerprint density at radius 1 is 1.91 bits per heavy atom. The van der Waals surface area contributed by atoms with Gasteiger partial charge in [-0.2, -0.15) is 0 Å². The molecule has 0 heterocycles. The van der Waals surface area contributed by atoms with Crippen molar-refractivity contribution in [3.8, 4) is 0 Å². The van der Waals surface area contributed by atoms with Crippen LogP contribution in [-0.2, 0) is 20.3 Å². The average Bonchev–Trinajstić information content (AvgIpc) is 1.98. The molecule has 2 unspecified atom stereocenters. The third-order valence-electron chi connectivity index (χ3n) is 0.852. The van der Waals surface area contributed by atoms with Crippen molar-refractivity contribution in [2.24, 2.45) is 0 Å². The van der Waals surface area contributed by atoms with Crippen molar-refractivity contribution in [2.75, 3.05) is 6.61 Å². The summed E-state index contributed by atoms with van der Waals surface area (Å²) in [5.41, 5.74) is 0. The zero-order valence-electron chi connectivity index (χ0n) is 5.56. The highest BCUT2D eigenvalue weighted by atomic mass is 32.2. The van der Waals surface area contributed by atoms with E-state index in [4.69, 9.17) is 5.11 Å². The van der Waals surface area contributed by atoms with Gasteiger partial charge in [0.15, 0.2) is 5.78 Å². The molecule has 0 aromatic carbocycles. The van der Waals surface area contributed by atoms with Crippen molar-refractivity contribution in [3.05, 3.63) is 12.7 Å². The Bertz CT molecular complexity index is 178. The average molecular weight is 179 g/mol. The van der Waals surface area contributed by atoms with E-state index in [1.807, 2.05) is 0 Å². The third-order valence-corrected chi connectivity index (χ3v) is 1.18.